The fourth-order valence-corrected chi connectivity index (χ4v) is 2.44. The van der Waals surface area contributed by atoms with E-state index in [1.807, 2.05) is 12.1 Å². The van der Waals surface area contributed by atoms with Crippen LogP contribution in [-0.2, 0) is 14.3 Å². The quantitative estimate of drug-likeness (QED) is 0.731. The van der Waals surface area contributed by atoms with Crippen LogP contribution in [0.2, 0.25) is 0 Å². The smallest absolute Gasteiger partial charge is 0.329 e. The van der Waals surface area contributed by atoms with Gasteiger partial charge in [0.15, 0.2) is 0 Å². The molecule has 1 aliphatic heterocycles. The van der Waals surface area contributed by atoms with Gasteiger partial charge in [-0.05, 0) is 38.1 Å². The van der Waals surface area contributed by atoms with Gasteiger partial charge in [0.2, 0.25) is 5.91 Å². The molecule has 0 aliphatic carbocycles. The first-order valence-electron chi connectivity index (χ1n) is 7.00. The average Bonchev–Trinajstić information content (AvgIpc) is 3.11. The van der Waals surface area contributed by atoms with Crippen LogP contribution in [0.25, 0.3) is 0 Å². The Morgan fingerprint density at radius 2 is 2.14 bits per heavy atom. The number of carbonyl (C=O) groups excluding carboxylic acids is 1. The van der Waals surface area contributed by atoms with Crippen molar-refractivity contribution < 1.29 is 23.8 Å². The second-order valence-electron chi connectivity index (χ2n) is 4.96. The average molecular weight is 296 g/mol. The van der Waals surface area contributed by atoms with E-state index < -0.39 is 12.6 Å². The molecular weight excluding hydrogens is 276 g/mol. The van der Waals surface area contributed by atoms with Gasteiger partial charge in [-0.15, -0.1) is 0 Å². The highest BCUT2D eigenvalue weighted by Crippen LogP contribution is 2.24. The number of rotatable bonds is 8. The normalized spacial score (nSPS) is 16.8. The van der Waals surface area contributed by atoms with Crippen molar-refractivity contribution in [1.82, 2.24) is 10.2 Å². The van der Waals surface area contributed by atoms with Gasteiger partial charge in [-0.3, -0.25) is 9.69 Å². The van der Waals surface area contributed by atoms with E-state index in [-0.39, 0.29) is 18.6 Å². The Morgan fingerprint density at radius 1 is 1.38 bits per heavy atom. The van der Waals surface area contributed by atoms with Crippen LogP contribution in [0.1, 0.15) is 24.6 Å². The first-order valence-corrected chi connectivity index (χ1v) is 7.00. The number of carboxylic acid groups (broad SMARTS) is 1. The second kappa shape index (κ2) is 7.80. The molecule has 0 saturated carbocycles. The summed E-state index contributed by atoms with van der Waals surface area (Å²) in [6.07, 6.45) is 3.91. The number of likely N-dealkylation sites (tertiary alicyclic amines) is 1. The van der Waals surface area contributed by atoms with Gasteiger partial charge in [0, 0.05) is 6.54 Å². The van der Waals surface area contributed by atoms with Crippen molar-refractivity contribution in [2.45, 2.75) is 18.9 Å². The van der Waals surface area contributed by atoms with E-state index in [1.165, 1.54) is 0 Å². The number of nitrogens with one attached hydrogen (secondary N) is 1. The molecule has 1 saturated heterocycles. The zero-order valence-corrected chi connectivity index (χ0v) is 11.8. The molecule has 1 unspecified atom stereocenters. The molecular formula is C14H20N2O5. The number of carboxylic acids is 1. The van der Waals surface area contributed by atoms with Crippen LogP contribution in [0.5, 0.6) is 0 Å². The van der Waals surface area contributed by atoms with E-state index in [0.29, 0.717) is 6.54 Å². The molecule has 2 N–H and O–H groups in total. The van der Waals surface area contributed by atoms with Gasteiger partial charge in [0.25, 0.3) is 0 Å². The van der Waals surface area contributed by atoms with Gasteiger partial charge in [0.05, 0.1) is 12.3 Å². The molecule has 1 amide bonds. The van der Waals surface area contributed by atoms with E-state index >= 15 is 0 Å². The van der Waals surface area contributed by atoms with Gasteiger partial charge >= 0.3 is 5.97 Å². The zero-order valence-electron chi connectivity index (χ0n) is 11.8. The van der Waals surface area contributed by atoms with Crippen LogP contribution in [0.3, 0.4) is 0 Å². The second-order valence-corrected chi connectivity index (χ2v) is 4.96. The fourth-order valence-electron chi connectivity index (χ4n) is 2.44. The van der Waals surface area contributed by atoms with E-state index in [1.54, 1.807) is 6.26 Å². The molecule has 1 fully saturated rings. The topological polar surface area (TPSA) is 92.0 Å². The Balaban J connectivity index is 1.82. The lowest BCUT2D eigenvalue weighted by Gasteiger charge is -2.25. The molecule has 1 aliphatic rings. The molecule has 0 bridgehead atoms. The van der Waals surface area contributed by atoms with Crippen LogP contribution in [0.15, 0.2) is 22.8 Å². The van der Waals surface area contributed by atoms with Crippen LogP contribution in [-0.4, -0.2) is 54.7 Å². The summed E-state index contributed by atoms with van der Waals surface area (Å²) < 4.78 is 10.2. The Bertz CT molecular complexity index is 454. The van der Waals surface area contributed by atoms with Crippen LogP contribution < -0.4 is 5.32 Å². The first-order chi connectivity index (χ1) is 10.2. The monoisotopic (exact) mass is 296 g/mol. The van der Waals surface area contributed by atoms with Crippen molar-refractivity contribution in [2.24, 2.45) is 0 Å². The lowest BCUT2D eigenvalue weighted by atomic mass is 10.2. The summed E-state index contributed by atoms with van der Waals surface area (Å²) in [6, 6.07) is 3.73. The van der Waals surface area contributed by atoms with E-state index in [0.717, 1.165) is 31.7 Å². The lowest BCUT2D eigenvalue weighted by molar-refractivity contribution is -0.143. The van der Waals surface area contributed by atoms with Gasteiger partial charge in [-0.1, -0.05) is 0 Å². The third-order valence-electron chi connectivity index (χ3n) is 3.40. The predicted octanol–water partition coefficient (Wildman–Crippen LogP) is 0.634. The van der Waals surface area contributed by atoms with Crippen molar-refractivity contribution in [2.75, 3.05) is 32.8 Å². The van der Waals surface area contributed by atoms with Crippen molar-refractivity contribution in [3.63, 3.8) is 0 Å². The number of ether oxygens (including phenoxy) is 1. The zero-order chi connectivity index (χ0) is 15.1. The Morgan fingerprint density at radius 3 is 2.76 bits per heavy atom. The Labute approximate surface area is 122 Å². The summed E-state index contributed by atoms with van der Waals surface area (Å²) in [4.78, 5) is 24.2. The molecule has 0 radical (unpaired) electrons. The molecule has 1 aromatic heterocycles. The molecule has 2 heterocycles. The molecule has 0 spiro atoms. The van der Waals surface area contributed by atoms with Crippen LogP contribution >= 0.6 is 0 Å². The highest BCUT2D eigenvalue weighted by molar-refractivity contribution is 5.77. The Kier molecular flexibility index (Phi) is 5.77. The van der Waals surface area contributed by atoms with Crippen molar-refractivity contribution in [3.05, 3.63) is 24.2 Å². The maximum Gasteiger partial charge on any atom is 0.329 e. The maximum absolute atomic E-state index is 11.6. The molecule has 7 nitrogen and oxygen atoms in total. The van der Waals surface area contributed by atoms with Gasteiger partial charge in [-0.25, -0.2) is 4.79 Å². The highest BCUT2D eigenvalue weighted by Gasteiger charge is 2.25. The molecule has 2 rings (SSSR count). The number of furan rings is 1. The number of carbonyl (C=O) groups is 2. The summed E-state index contributed by atoms with van der Waals surface area (Å²) in [7, 11) is 0. The molecule has 1 aromatic rings. The minimum absolute atomic E-state index is 0.00548. The first kappa shape index (κ1) is 15.5. The molecule has 0 aromatic carbocycles. The predicted molar refractivity (Wildman–Crippen MR) is 73.7 cm³/mol. The SMILES string of the molecule is O=C(O)COCC(=O)NCC(c1ccco1)N1CCCC1. The molecule has 1 atom stereocenters. The summed E-state index contributed by atoms with van der Waals surface area (Å²) in [6.45, 7) is 1.66. The third kappa shape index (κ3) is 4.87. The lowest BCUT2D eigenvalue weighted by Crippen LogP contribution is -2.38. The summed E-state index contributed by atoms with van der Waals surface area (Å²) in [5, 5.41) is 11.2. The summed E-state index contributed by atoms with van der Waals surface area (Å²) in [5.74, 6) is -0.594. The van der Waals surface area contributed by atoms with Crippen molar-refractivity contribution in [1.29, 1.82) is 0 Å². The van der Waals surface area contributed by atoms with E-state index in [2.05, 4.69) is 10.2 Å². The number of nitrogens with zero attached hydrogens (tertiary/aromatic N) is 1. The molecule has 21 heavy (non-hydrogen) atoms. The molecule has 7 heteroatoms. The Hall–Kier alpha value is -1.86. The number of hydrogen-bond acceptors (Lipinski definition) is 5. The van der Waals surface area contributed by atoms with E-state index in [9.17, 15) is 9.59 Å². The maximum atomic E-state index is 11.6. The number of hydrogen-bond donors (Lipinski definition) is 2. The fraction of sp³-hybridized carbons (Fsp3) is 0.571. The standard InChI is InChI=1S/C14H20N2O5/c17-13(9-20-10-14(18)19)15-8-11(12-4-3-7-21-12)16-5-1-2-6-16/h3-4,7,11H,1-2,5-6,8-10H2,(H,15,17)(H,18,19). The van der Waals surface area contributed by atoms with Crippen molar-refractivity contribution >= 4 is 11.9 Å². The number of aliphatic carboxylic acids is 1. The third-order valence-corrected chi connectivity index (χ3v) is 3.40. The largest absolute Gasteiger partial charge is 0.480 e. The van der Waals surface area contributed by atoms with Crippen LogP contribution in [0.4, 0.5) is 0 Å². The summed E-state index contributed by atoms with van der Waals surface area (Å²) in [5.41, 5.74) is 0. The van der Waals surface area contributed by atoms with E-state index in [4.69, 9.17) is 14.3 Å². The summed E-state index contributed by atoms with van der Waals surface area (Å²) >= 11 is 0. The van der Waals surface area contributed by atoms with Gasteiger partial charge < -0.3 is 19.6 Å². The minimum atomic E-state index is -1.09. The number of amides is 1. The van der Waals surface area contributed by atoms with Crippen molar-refractivity contribution in [3.8, 4) is 0 Å². The van der Waals surface area contributed by atoms with Gasteiger partial charge in [0.1, 0.15) is 19.0 Å². The highest BCUT2D eigenvalue weighted by atomic mass is 16.5. The molecule has 116 valence electrons. The van der Waals surface area contributed by atoms with Crippen LogP contribution in [0, 0.1) is 0 Å². The minimum Gasteiger partial charge on any atom is -0.480 e. The van der Waals surface area contributed by atoms with Gasteiger partial charge in [-0.2, -0.15) is 0 Å².